The van der Waals surface area contributed by atoms with Gasteiger partial charge in [0.2, 0.25) is 5.91 Å². The van der Waals surface area contributed by atoms with Gasteiger partial charge < -0.3 is 16.0 Å². The van der Waals surface area contributed by atoms with E-state index in [9.17, 15) is 9.59 Å². The Labute approximate surface area is 112 Å². The van der Waals surface area contributed by atoms with Crippen molar-refractivity contribution in [1.82, 2.24) is 16.0 Å². The summed E-state index contributed by atoms with van der Waals surface area (Å²) in [5.74, 6) is 2.28. The Morgan fingerprint density at radius 3 is 2.79 bits per heavy atom. The summed E-state index contributed by atoms with van der Waals surface area (Å²) < 4.78 is 0. The Kier molecular flexibility index (Phi) is 5.42. The summed E-state index contributed by atoms with van der Waals surface area (Å²) in [6.07, 6.45) is 5.30. The van der Waals surface area contributed by atoms with Crippen molar-refractivity contribution in [3.8, 4) is 12.3 Å². The van der Waals surface area contributed by atoms with Crippen molar-refractivity contribution in [2.24, 2.45) is 0 Å². The van der Waals surface area contributed by atoms with Crippen molar-refractivity contribution in [3.63, 3.8) is 0 Å². The van der Waals surface area contributed by atoms with Gasteiger partial charge in [-0.2, -0.15) is 0 Å². The monoisotopic (exact) mass is 259 g/mol. The molecular weight excluding hydrogens is 242 g/mol. The van der Waals surface area contributed by atoms with Crippen LogP contribution in [0.5, 0.6) is 0 Å². The van der Waals surface area contributed by atoms with Gasteiger partial charge in [-0.3, -0.25) is 4.79 Å². The third-order valence-electron chi connectivity index (χ3n) is 2.53. The molecule has 1 aromatic rings. The van der Waals surface area contributed by atoms with Crippen LogP contribution in [0, 0.1) is 12.3 Å². The smallest absolute Gasteiger partial charge is 0.315 e. The minimum atomic E-state index is -0.601. The lowest BCUT2D eigenvalue weighted by atomic mass is 10.1. The molecule has 5 heteroatoms. The molecule has 100 valence electrons. The summed E-state index contributed by atoms with van der Waals surface area (Å²) in [4.78, 5) is 22.8. The summed E-state index contributed by atoms with van der Waals surface area (Å²) in [6, 6.07) is 6.37. The molecule has 0 radical (unpaired) electrons. The standard InChI is InChI=1S/C14H17N3O2/c1-4-11-6-5-7-12(8-11)9-16-13(18)10(2)17-14(19)15-3/h1,5-8,10H,9H2,2-3H3,(H,16,18)(H2,15,17,19)/t10-/m1/s1. The van der Waals surface area contributed by atoms with Crippen LogP contribution in [-0.2, 0) is 11.3 Å². The number of rotatable bonds is 4. The summed E-state index contributed by atoms with van der Waals surface area (Å²) in [6.45, 7) is 1.98. The molecule has 0 aliphatic heterocycles. The number of terminal acetylenes is 1. The number of hydrogen-bond acceptors (Lipinski definition) is 2. The van der Waals surface area contributed by atoms with E-state index in [1.54, 1.807) is 6.92 Å². The van der Waals surface area contributed by atoms with Crippen LogP contribution in [0.15, 0.2) is 24.3 Å². The zero-order valence-corrected chi connectivity index (χ0v) is 11.0. The highest BCUT2D eigenvalue weighted by Gasteiger charge is 2.14. The second kappa shape index (κ2) is 7.07. The van der Waals surface area contributed by atoms with Crippen LogP contribution in [0.3, 0.4) is 0 Å². The summed E-state index contributed by atoms with van der Waals surface area (Å²) in [5.41, 5.74) is 1.68. The van der Waals surface area contributed by atoms with Crippen molar-refractivity contribution in [1.29, 1.82) is 0 Å². The molecule has 0 spiro atoms. The average Bonchev–Trinajstić information content (AvgIpc) is 2.44. The van der Waals surface area contributed by atoms with Crippen LogP contribution in [0.4, 0.5) is 4.79 Å². The molecule has 1 aromatic carbocycles. The number of urea groups is 1. The van der Waals surface area contributed by atoms with Crippen molar-refractivity contribution in [3.05, 3.63) is 35.4 Å². The molecular formula is C14H17N3O2. The third kappa shape index (κ3) is 4.72. The lowest BCUT2D eigenvalue weighted by Gasteiger charge is -2.13. The quantitative estimate of drug-likeness (QED) is 0.693. The number of benzene rings is 1. The summed E-state index contributed by atoms with van der Waals surface area (Å²) >= 11 is 0. The van der Waals surface area contributed by atoms with Crippen LogP contribution in [-0.4, -0.2) is 25.0 Å². The van der Waals surface area contributed by atoms with Gasteiger partial charge in [0.05, 0.1) is 0 Å². The molecule has 1 rings (SSSR count). The Bertz CT molecular complexity index is 506. The van der Waals surface area contributed by atoms with Gasteiger partial charge in [0.25, 0.3) is 0 Å². The highest BCUT2D eigenvalue weighted by molar-refractivity contribution is 5.86. The Hall–Kier alpha value is -2.48. The first-order valence-electron chi connectivity index (χ1n) is 5.88. The highest BCUT2D eigenvalue weighted by atomic mass is 16.2. The topological polar surface area (TPSA) is 70.2 Å². The van der Waals surface area contributed by atoms with Gasteiger partial charge in [-0.25, -0.2) is 4.79 Å². The fourth-order valence-corrected chi connectivity index (χ4v) is 1.45. The van der Waals surface area contributed by atoms with Crippen LogP contribution >= 0.6 is 0 Å². The second-order valence-electron chi connectivity index (χ2n) is 4.01. The molecule has 1 atom stereocenters. The first-order valence-corrected chi connectivity index (χ1v) is 5.88. The van der Waals surface area contributed by atoms with Crippen LogP contribution < -0.4 is 16.0 Å². The first kappa shape index (κ1) is 14.6. The van der Waals surface area contributed by atoms with Gasteiger partial charge in [0, 0.05) is 19.2 Å². The number of carbonyl (C=O) groups is 2. The van der Waals surface area contributed by atoms with E-state index in [0.717, 1.165) is 11.1 Å². The van der Waals surface area contributed by atoms with Gasteiger partial charge in [0.15, 0.2) is 0 Å². The summed E-state index contributed by atoms with van der Waals surface area (Å²) in [5, 5.41) is 7.61. The van der Waals surface area contributed by atoms with E-state index in [1.807, 2.05) is 24.3 Å². The molecule has 0 aromatic heterocycles. The highest BCUT2D eigenvalue weighted by Crippen LogP contribution is 2.03. The fraction of sp³-hybridized carbons (Fsp3) is 0.286. The van der Waals surface area contributed by atoms with Gasteiger partial charge >= 0.3 is 6.03 Å². The van der Waals surface area contributed by atoms with E-state index < -0.39 is 12.1 Å². The largest absolute Gasteiger partial charge is 0.350 e. The van der Waals surface area contributed by atoms with Gasteiger partial charge in [-0.05, 0) is 24.6 Å². The van der Waals surface area contributed by atoms with Crippen molar-refractivity contribution in [2.45, 2.75) is 19.5 Å². The zero-order chi connectivity index (χ0) is 14.3. The molecule has 0 aliphatic rings. The SMILES string of the molecule is C#Cc1cccc(CNC(=O)[C@@H](C)NC(=O)NC)c1. The molecule has 0 aliphatic carbocycles. The zero-order valence-electron chi connectivity index (χ0n) is 11.0. The molecule has 3 N–H and O–H groups in total. The van der Waals surface area contributed by atoms with E-state index in [1.165, 1.54) is 7.05 Å². The second-order valence-corrected chi connectivity index (χ2v) is 4.01. The van der Waals surface area contributed by atoms with E-state index in [0.29, 0.717) is 6.54 Å². The molecule has 0 unspecified atom stereocenters. The number of nitrogens with one attached hydrogen (secondary N) is 3. The van der Waals surface area contributed by atoms with E-state index >= 15 is 0 Å². The van der Waals surface area contributed by atoms with Crippen LogP contribution in [0.2, 0.25) is 0 Å². The predicted octanol–water partition coefficient (Wildman–Crippen LogP) is 0.602. The average molecular weight is 259 g/mol. The molecule has 0 saturated carbocycles. The third-order valence-corrected chi connectivity index (χ3v) is 2.53. The molecule has 0 heterocycles. The van der Waals surface area contributed by atoms with Crippen LogP contribution in [0.25, 0.3) is 0 Å². The maximum absolute atomic E-state index is 11.7. The Balaban J connectivity index is 2.49. The van der Waals surface area contributed by atoms with E-state index in [-0.39, 0.29) is 5.91 Å². The lowest BCUT2D eigenvalue weighted by Crippen LogP contribution is -2.47. The molecule has 19 heavy (non-hydrogen) atoms. The molecule has 0 fully saturated rings. The number of amides is 3. The van der Waals surface area contributed by atoms with Crippen molar-refractivity contribution >= 4 is 11.9 Å². The molecule has 3 amide bonds. The van der Waals surface area contributed by atoms with Gasteiger partial charge in [-0.1, -0.05) is 18.1 Å². The van der Waals surface area contributed by atoms with Crippen molar-refractivity contribution < 1.29 is 9.59 Å². The predicted molar refractivity (Wildman–Crippen MR) is 73.3 cm³/mol. The minimum Gasteiger partial charge on any atom is -0.350 e. The molecule has 0 bridgehead atoms. The number of hydrogen-bond donors (Lipinski definition) is 3. The van der Waals surface area contributed by atoms with Crippen LogP contribution in [0.1, 0.15) is 18.1 Å². The molecule has 5 nitrogen and oxygen atoms in total. The Morgan fingerprint density at radius 1 is 1.42 bits per heavy atom. The minimum absolute atomic E-state index is 0.255. The first-order chi connectivity index (χ1) is 9.06. The maximum atomic E-state index is 11.7. The van der Waals surface area contributed by atoms with Gasteiger partial charge in [0.1, 0.15) is 6.04 Å². The summed E-state index contributed by atoms with van der Waals surface area (Å²) in [7, 11) is 1.49. The maximum Gasteiger partial charge on any atom is 0.315 e. The Morgan fingerprint density at radius 2 is 2.16 bits per heavy atom. The lowest BCUT2D eigenvalue weighted by molar-refractivity contribution is -0.122. The normalized spacial score (nSPS) is 11.0. The van der Waals surface area contributed by atoms with E-state index in [4.69, 9.17) is 6.42 Å². The van der Waals surface area contributed by atoms with E-state index in [2.05, 4.69) is 21.9 Å². The fourth-order valence-electron chi connectivity index (χ4n) is 1.45. The molecule has 0 saturated heterocycles. The number of carbonyl (C=O) groups excluding carboxylic acids is 2. The van der Waals surface area contributed by atoms with Gasteiger partial charge in [-0.15, -0.1) is 6.42 Å². The van der Waals surface area contributed by atoms with Crippen molar-refractivity contribution in [2.75, 3.05) is 7.05 Å².